The first-order chi connectivity index (χ1) is 15.6. The number of hydrogen-bond acceptors (Lipinski definition) is 3. The van der Waals surface area contributed by atoms with E-state index >= 15 is 0 Å². The van der Waals surface area contributed by atoms with Crippen LogP contribution in [0.15, 0.2) is 71.6 Å². The third-order valence-corrected chi connectivity index (χ3v) is 7.39. The van der Waals surface area contributed by atoms with Crippen LogP contribution in [-0.2, 0) is 9.59 Å². The van der Waals surface area contributed by atoms with Crippen molar-refractivity contribution in [1.82, 2.24) is 0 Å². The lowest BCUT2D eigenvalue weighted by Crippen LogP contribution is -2.25. The van der Waals surface area contributed by atoms with Gasteiger partial charge in [-0.15, -0.1) is 11.8 Å². The first-order valence-electron chi connectivity index (χ1n) is 11.5. The van der Waals surface area contributed by atoms with E-state index in [1.54, 1.807) is 0 Å². The molecular formula is C27H30N2O2S. The van der Waals surface area contributed by atoms with Crippen LogP contribution in [0.3, 0.4) is 0 Å². The molecule has 1 fully saturated rings. The number of benzene rings is 3. The lowest BCUT2D eigenvalue weighted by molar-refractivity contribution is -0.120. The van der Waals surface area contributed by atoms with Gasteiger partial charge < -0.3 is 10.6 Å². The molecule has 0 heterocycles. The molecule has 0 bridgehead atoms. The van der Waals surface area contributed by atoms with E-state index in [2.05, 4.69) is 16.7 Å². The molecule has 1 aliphatic carbocycles. The number of hydrogen-bond donors (Lipinski definition) is 2. The third kappa shape index (κ3) is 5.71. The van der Waals surface area contributed by atoms with Gasteiger partial charge in [0.1, 0.15) is 0 Å². The van der Waals surface area contributed by atoms with Gasteiger partial charge in [-0.2, -0.15) is 0 Å². The number of thioether (sulfide) groups is 1. The number of anilines is 2. The number of rotatable bonds is 7. The molecule has 32 heavy (non-hydrogen) atoms. The van der Waals surface area contributed by atoms with Crippen LogP contribution in [0, 0.1) is 5.92 Å². The smallest absolute Gasteiger partial charge is 0.237 e. The first kappa shape index (κ1) is 22.4. The molecule has 2 N–H and O–H groups in total. The highest BCUT2D eigenvalue weighted by atomic mass is 32.2. The molecule has 0 saturated heterocycles. The summed E-state index contributed by atoms with van der Waals surface area (Å²) in [5, 5.41) is 8.18. The van der Waals surface area contributed by atoms with Gasteiger partial charge in [-0.3, -0.25) is 9.59 Å². The maximum Gasteiger partial charge on any atom is 0.237 e. The van der Waals surface area contributed by atoms with E-state index in [-0.39, 0.29) is 23.0 Å². The molecule has 4 nitrogen and oxygen atoms in total. The average molecular weight is 447 g/mol. The highest BCUT2D eigenvalue weighted by Gasteiger charge is 2.22. The van der Waals surface area contributed by atoms with Gasteiger partial charge in [0.05, 0.1) is 5.25 Å². The highest BCUT2D eigenvalue weighted by molar-refractivity contribution is 8.00. The summed E-state index contributed by atoms with van der Waals surface area (Å²) in [6.45, 7) is 2.02. The standard InChI is InChI=1S/C27H30N2O2S/c1-2-25(27(31)29-23-16-15-19-9-6-7-12-21(19)17-23)32-24-14-8-13-22(18-24)28-26(30)20-10-4-3-5-11-20/h6-9,12-18,20,25H,2-5,10-11H2,1H3,(H,28,30)(H,29,31). The minimum Gasteiger partial charge on any atom is -0.326 e. The minimum absolute atomic E-state index is 0.00979. The summed E-state index contributed by atoms with van der Waals surface area (Å²) < 4.78 is 0. The Kier molecular flexibility index (Phi) is 7.48. The first-order valence-corrected chi connectivity index (χ1v) is 12.4. The molecule has 1 atom stereocenters. The molecule has 2 amide bonds. The fourth-order valence-corrected chi connectivity index (χ4v) is 5.25. The Hall–Kier alpha value is -2.79. The zero-order valence-corrected chi connectivity index (χ0v) is 19.3. The summed E-state index contributed by atoms with van der Waals surface area (Å²) in [4.78, 5) is 26.5. The van der Waals surface area contributed by atoms with E-state index < -0.39 is 0 Å². The van der Waals surface area contributed by atoms with Crippen LogP contribution in [-0.4, -0.2) is 17.1 Å². The molecular weight excluding hydrogens is 416 g/mol. The summed E-state index contributed by atoms with van der Waals surface area (Å²) in [5.74, 6) is 0.230. The van der Waals surface area contributed by atoms with Crippen molar-refractivity contribution >= 4 is 45.7 Å². The largest absolute Gasteiger partial charge is 0.326 e. The maximum atomic E-state index is 13.0. The molecule has 5 heteroatoms. The van der Waals surface area contributed by atoms with Gasteiger partial charge in [-0.25, -0.2) is 0 Å². The summed E-state index contributed by atoms with van der Waals surface area (Å²) in [6, 6.07) is 21.9. The average Bonchev–Trinajstić information content (AvgIpc) is 2.83. The molecule has 3 aromatic carbocycles. The minimum atomic E-state index is -0.217. The van der Waals surface area contributed by atoms with Gasteiger partial charge in [0.2, 0.25) is 11.8 Å². The Labute approximate surface area is 194 Å². The van der Waals surface area contributed by atoms with Gasteiger partial charge in [0, 0.05) is 22.2 Å². The quantitative estimate of drug-likeness (QED) is 0.389. The van der Waals surface area contributed by atoms with Crippen LogP contribution < -0.4 is 10.6 Å². The van der Waals surface area contributed by atoms with Gasteiger partial charge in [0.25, 0.3) is 0 Å². The van der Waals surface area contributed by atoms with Gasteiger partial charge in [0.15, 0.2) is 0 Å². The van der Waals surface area contributed by atoms with Gasteiger partial charge >= 0.3 is 0 Å². The molecule has 0 aromatic heterocycles. The fraction of sp³-hybridized carbons (Fsp3) is 0.333. The summed E-state index contributed by atoms with van der Waals surface area (Å²) in [6.07, 6.45) is 6.18. The molecule has 0 aliphatic heterocycles. The van der Waals surface area contributed by atoms with E-state index in [1.807, 2.05) is 67.6 Å². The fourth-order valence-electron chi connectivity index (χ4n) is 4.23. The second-order valence-electron chi connectivity index (χ2n) is 8.42. The van der Waals surface area contributed by atoms with E-state index in [4.69, 9.17) is 0 Å². The Morgan fingerprint density at radius 1 is 0.875 bits per heavy atom. The SMILES string of the molecule is CCC(Sc1cccc(NC(=O)C2CCCCC2)c1)C(=O)Nc1ccc2ccccc2c1. The van der Waals surface area contributed by atoms with Gasteiger partial charge in [-0.05, 0) is 60.4 Å². The number of carbonyl (C=O) groups excluding carboxylic acids is 2. The Morgan fingerprint density at radius 2 is 1.62 bits per heavy atom. The lowest BCUT2D eigenvalue weighted by atomic mass is 9.88. The summed E-state index contributed by atoms with van der Waals surface area (Å²) in [5.41, 5.74) is 1.61. The second kappa shape index (κ2) is 10.7. The number of nitrogens with one attached hydrogen (secondary N) is 2. The molecule has 3 aromatic rings. The Balaban J connectivity index is 1.39. The molecule has 1 aliphatic rings. The molecule has 0 spiro atoms. The number of amides is 2. The predicted octanol–water partition coefficient (Wildman–Crippen LogP) is 6.87. The van der Waals surface area contributed by atoms with Gasteiger partial charge in [-0.1, -0.05) is 62.6 Å². The third-order valence-electron chi connectivity index (χ3n) is 6.04. The van der Waals surface area contributed by atoms with Crippen LogP contribution in [0.1, 0.15) is 45.4 Å². The van der Waals surface area contributed by atoms with Crippen LogP contribution in [0.5, 0.6) is 0 Å². The molecule has 1 saturated carbocycles. The monoisotopic (exact) mass is 446 g/mol. The van der Waals surface area contributed by atoms with Crippen LogP contribution in [0.25, 0.3) is 10.8 Å². The topological polar surface area (TPSA) is 58.2 Å². The zero-order valence-electron chi connectivity index (χ0n) is 18.5. The molecule has 0 radical (unpaired) electrons. The van der Waals surface area contributed by atoms with Crippen molar-refractivity contribution in [3.63, 3.8) is 0 Å². The normalized spacial score (nSPS) is 15.3. The van der Waals surface area contributed by atoms with E-state index in [9.17, 15) is 9.59 Å². The molecule has 166 valence electrons. The van der Waals surface area contributed by atoms with Crippen molar-refractivity contribution < 1.29 is 9.59 Å². The van der Waals surface area contributed by atoms with Crippen molar-refractivity contribution in [2.75, 3.05) is 10.6 Å². The zero-order chi connectivity index (χ0) is 22.3. The van der Waals surface area contributed by atoms with Crippen molar-refractivity contribution in [3.8, 4) is 0 Å². The lowest BCUT2D eigenvalue weighted by Gasteiger charge is -2.21. The number of carbonyl (C=O) groups is 2. The highest BCUT2D eigenvalue weighted by Crippen LogP contribution is 2.30. The Bertz CT molecular complexity index is 1090. The summed E-state index contributed by atoms with van der Waals surface area (Å²) in [7, 11) is 0. The Morgan fingerprint density at radius 3 is 2.41 bits per heavy atom. The van der Waals surface area contributed by atoms with Crippen LogP contribution >= 0.6 is 11.8 Å². The van der Waals surface area contributed by atoms with E-state index in [1.165, 1.54) is 18.2 Å². The van der Waals surface area contributed by atoms with Crippen LogP contribution in [0.2, 0.25) is 0 Å². The van der Waals surface area contributed by atoms with Crippen LogP contribution in [0.4, 0.5) is 11.4 Å². The van der Waals surface area contributed by atoms with E-state index in [0.29, 0.717) is 6.42 Å². The van der Waals surface area contributed by atoms with Crippen molar-refractivity contribution in [2.24, 2.45) is 5.92 Å². The molecule has 4 rings (SSSR count). The van der Waals surface area contributed by atoms with Crippen molar-refractivity contribution in [1.29, 1.82) is 0 Å². The maximum absolute atomic E-state index is 13.0. The predicted molar refractivity (Wildman–Crippen MR) is 134 cm³/mol. The number of fused-ring (bicyclic) bond motifs is 1. The van der Waals surface area contributed by atoms with Crippen molar-refractivity contribution in [3.05, 3.63) is 66.7 Å². The van der Waals surface area contributed by atoms with Crippen molar-refractivity contribution in [2.45, 2.75) is 55.6 Å². The summed E-state index contributed by atoms with van der Waals surface area (Å²) >= 11 is 1.53. The van der Waals surface area contributed by atoms with E-state index in [0.717, 1.165) is 52.7 Å². The second-order valence-corrected chi connectivity index (χ2v) is 9.69. The molecule has 1 unspecified atom stereocenters.